The van der Waals surface area contributed by atoms with Gasteiger partial charge in [0.1, 0.15) is 11.9 Å². The molecule has 2 N–H and O–H groups in total. The van der Waals surface area contributed by atoms with Crippen molar-refractivity contribution >= 4 is 54.0 Å². The van der Waals surface area contributed by atoms with Gasteiger partial charge in [-0.3, -0.25) is 9.59 Å². The number of rotatable bonds is 4. The lowest BCUT2D eigenvalue weighted by molar-refractivity contribution is -0.122. The van der Waals surface area contributed by atoms with Crippen LogP contribution in [-0.4, -0.2) is 23.8 Å². The number of fused-ring (bicyclic) bond motifs is 3. The summed E-state index contributed by atoms with van der Waals surface area (Å²) in [6.45, 7) is 0. The number of carbonyl (C=O) groups excluding carboxylic acids is 2. The fraction of sp³-hybridized carbons (Fsp3) is 0.100. The third-order valence-corrected chi connectivity index (χ3v) is 6.81. The molecule has 4 nitrogen and oxygen atoms in total. The monoisotopic (exact) mass is 398 g/mol. The van der Waals surface area contributed by atoms with E-state index >= 15 is 0 Å². The summed E-state index contributed by atoms with van der Waals surface area (Å²) in [6.07, 6.45) is 0. The van der Waals surface area contributed by atoms with Gasteiger partial charge in [-0.15, -0.1) is 22.7 Å². The van der Waals surface area contributed by atoms with Crippen LogP contribution < -0.4 is 5.73 Å². The number of amides is 2. The Balaban J connectivity index is 1.71. The van der Waals surface area contributed by atoms with E-state index in [1.54, 1.807) is 17.4 Å². The van der Waals surface area contributed by atoms with Gasteiger partial charge in [0.05, 0.1) is 9.58 Å². The van der Waals surface area contributed by atoms with Crippen molar-refractivity contribution in [1.29, 1.82) is 0 Å². The molecule has 27 heavy (non-hydrogen) atoms. The summed E-state index contributed by atoms with van der Waals surface area (Å²) in [5.74, 6) is -1.51. The normalized spacial score (nSPS) is 12.4. The van der Waals surface area contributed by atoms with Gasteiger partial charge >= 0.3 is 0 Å². The molecule has 1 unspecified atom stereocenters. The van der Waals surface area contributed by atoms with E-state index in [4.69, 9.17) is 5.73 Å². The van der Waals surface area contributed by atoms with Crippen molar-refractivity contribution in [3.8, 4) is 0 Å². The molecular weight excluding hydrogens is 383 g/mol. The predicted octanol–water partition coefficient (Wildman–Crippen LogP) is 4.55. The molecule has 4 rings (SSSR count). The van der Waals surface area contributed by atoms with E-state index in [2.05, 4.69) is 0 Å². The molecule has 2 aromatic carbocycles. The van der Waals surface area contributed by atoms with E-state index in [1.165, 1.54) is 46.2 Å². The molecule has 0 saturated heterocycles. The Bertz CT molecular complexity index is 1180. The lowest BCUT2D eigenvalue weighted by Gasteiger charge is -2.25. The molecule has 1 atom stereocenters. The van der Waals surface area contributed by atoms with Crippen molar-refractivity contribution in [1.82, 2.24) is 4.90 Å². The molecule has 4 aromatic rings. The Hall–Kier alpha value is -2.77. The number of likely N-dealkylation sites (N-methyl/N-ethyl adjacent to an activating group) is 1. The van der Waals surface area contributed by atoms with Gasteiger partial charge in [0, 0.05) is 21.8 Å². The average Bonchev–Trinajstić information content (AvgIpc) is 3.18. The minimum Gasteiger partial charge on any atom is -0.368 e. The van der Waals surface area contributed by atoms with Crippen LogP contribution in [0.15, 0.2) is 54.6 Å². The first-order valence-corrected chi connectivity index (χ1v) is 9.82. The molecule has 0 bridgehead atoms. The Morgan fingerprint density at radius 3 is 2.56 bits per heavy atom. The highest BCUT2D eigenvalue weighted by Crippen LogP contribution is 2.40. The first-order chi connectivity index (χ1) is 13.0. The van der Waals surface area contributed by atoms with Crippen molar-refractivity contribution in [3.05, 3.63) is 70.9 Å². The number of nitrogens with zero attached hydrogens (tertiary/aromatic N) is 1. The van der Waals surface area contributed by atoms with Crippen LogP contribution in [0, 0.1) is 5.82 Å². The maximum absolute atomic E-state index is 13.6. The van der Waals surface area contributed by atoms with Gasteiger partial charge in [-0.1, -0.05) is 30.3 Å². The molecule has 136 valence electrons. The Morgan fingerprint density at radius 2 is 1.81 bits per heavy atom. The molecule has 0 aliphatic heterocycles. The van der Waals surface area contributed by atoms with Crippen molar-refractivity contribution in [3.63, 3.8) is 0 Å². The van der Waals surface area contributed by atoms with E-state index in [9.17, 15) is 14.0 Å². The van der Waals surface area contributed by atoms with Gasteiger partial charge in [-0.2, -0.15) is 0 Å². The summed E-state index contributed by atoms with van der Waals surface area (Å²) in [5, 5.41) is 1.11. The third-order valence-electron chi connectivity index (χ3n) is 4.40. The second-order valence-electron chi connectivity index (χ2n) is 6.18. The lowest BCUT2D eigenvalue weighted by Crippen LogP contribution is -2.38. The summed E-state index contributed by atoms with van der Waals surface area (Å²) in [4.78, 5) is 26.8. The van der Waals surface area contributed by atoms with Crippen LogP contribution in [0.1, 0.15) is 21.3 Å². The number of hydrogen-bond donors (Lipinski definition) is 1. The molecule has 0 saturated carbocycles. The van der Waals surface area contributed by atoms with Gasteiger partial charge in [-0.25, -0.2) is 4.39 Å². The number of primary amides is 1. The van der Waals surface area contributed by atoms with Crippen molar-refractivity contribution in [2.24, 2.45) is 5.73 Å². The summed E-state index contributed by atoms with van der Waals surface area (Å²) in [6, 6.07) is 14.4. The van der Waals surface area contributed by atoms with Crippen LogP contribution in [0.3, 0.4) is 0 Å². The zero-order chi connectivity index (χ0) is 19.1. The largest absolute Gasteiger partial charge is 0.368 e. The van der Waals surface area contributed by atoms with E-state index in [1.807, 2.05) is 30.3 Å². The molecule has 2 aromatic heterocycles. The van der Waals surface area contributed by atoms with Crippen LogP contribution >= 0.6 is 22.7 Å². The summed E-state index contributed by atoms with van der Waals surface area (Å²) >= 11 is 3.01. The highest BCUT2D eigenvalue weighted by Gasteiger charge is 2.29. The number of thiophene rings is 2. The van der Waals surface area contributed by atoms with E-state index < -0.39 is 17.8 Å². The fourth-order valence-electron chi connectivity index (χ4n) is 3.15. The molecule has 7 heteroatoms. The smallest absolute Gasteiger partial charge is 0.264 e. The van der Waals surface area contributed by atoms with Crippen LogP contribution in [0.2, 0.25) is 0 Å². The summed E-state index contributed by atoms with van der Waals surface area (Å²) in [7, 11) is 1.51. The van der Waals surface area contributed by atoms with Gasteiger partial charge in [0.25, 0.3) is 5.91 Å². The zero-order valence-corrected chi connectivity index (χ0v) is 15.9. The van der Waals surface area contributed by atoms with Gasteiger partial charge in [-0.05, 0) is 29.8 Å². The average molecular weight is 398 g/mol. The van der Waals surface area contributed by atoms with E-state index in [0.717, 1.165) is 14.8 Å². The van der Waals surface area contributed by atoms with Crippen molar-refractivity contribution in [2.45, 2.75) is 6.04 Å². The van der Waals surface area contributed by atoms with Gasteiger partial charge < -0.3 is 10.6 Å². The second kappa shape index (κ2) is 6.75. The first kappa shape index (κ1) is 17.6. The number of carbonyl (C=O) groups is 2. The lowest BCUT2D eigenvalue weighted by atomic mass is 10.0. The first-order valence-electron chi connectivity index (χ1n) is 8.18. The Labute approximate surface area is 162 Å². The summed E-state index contributed by atoms with van der Waals surface area (Å²) in [5.41, 5.74) is 5.86. The molecule has 0 fully saturated rings. The fourth-order valence-corrected chi connectivity index (χ4v) is 5.66. The number of benzene rings is 2. The SMILES string of the molecule is CN(C(=O)c1cc2sc3ccccc3c2s1)C(C(N)=O)c1cccc(F)c1. The molecule has 0 radical (unpaired) electrons. The van der Waals surface area contributed by atoms with Gasteiger partial charge in [0.15, 0.2) is 0 Å². The number of hydrogen-bond acceptors (Lipinski definition) is 4. The molecule has 2 amide bonds. The standard InChI is InChI=1S/C20H15FN2O2S2/c1-23(17(19(22)24)11-5-4-6-12(21)9-11)20(25)16-10-15-18(27-16)13-7-2-3-8-14(13)26-15/h2-10,17H,1H3,(H2,22,24). The number of halogens is 1. The molecular formula is C20H15FN2O2S2. The van der Waals surface area contributed by atoms with Crippen molar-refractivity contribution in [2.75, 3.05) is 7.05 Å². The third kappa shape index (κ3) is 3.09. The number of nitrogens with two attached hydrogens (primary N) is 1. The van der Waals surface area contributed by atoms with Crippen molar-refractivity contribution < 1.29 is 14.0 Å². The van der Waals surface area contributed by atoms with Gasteiger partial charge in [0.2, 0.25) is 5.91 Å². The van der Waals surface area contributed by atoms with Crippen LogP contribution in [-0.2, 0) is 4.79 Å². The van der Waals surface area contributed by atoms with E-state index in [0.29, 0.717) is 10.4 Å². The maximum Gasteiger partial charge on any atom is 0.264 e. The highest BCUT2D eigenvalue weighted by molar-refractivity contribution is 7.33. The minimum absolute atomic E-state index is 0.319. The van der Waals surface area contributed by atoms with Crippen LogP contribution in [0.25, 0.3) is 19.5 Å². The Morgan fingerprint density at radius 1 is 1.04 bits per heavy atom. The Kier molecular flexibility index (Phi) is 4.41. The molecule has 0 spiro atoms. The predicted molar refractivity (Wildman–Crippen MR) is 108 cm³/mol. The van der Waals surface area contributed by atoms with Crippen LogP contribution in [0.4, 0.5) is 4.39 Å². The molecule has 0 aliphatic rings. The zero-order valence-electron chi connectivity index (χ0n) is 14.3. The summed E-state index contributed by atoms with van der Waals surface area (Å²) < 4.78 is 16.8. The van der Waals surface area contributed by atoms with E-state index in [-0.39, 0.29) is 5.91 Å². The topological polar surface area (TPSA) is 63.4 Å². The molecule has 2 heterocycles. The second-order valence-corrected chi connectivity index (χ2v) is 8.31. The minimum atomic E-state index is -1.04. The van der Waals surface area contributed by atoms with Crippen LogP contribution in [0.5, 0.6) is 0 Å². The quantitative estimate of drug-likeness (QED) is 0.548. The highest BCUT2D eigenvalue weighted by atomic mass is 32.1. The maximum atomic E-state index is 13.6. The molecule has 0 aliphatic carbocycles.